The molecule has 0 atom stereocenters. The Bertz CT molecular complexity index is 634. The Hall–Kier alpha value is -2.14. The zero-order valence-electron chi connectivity index (χ0n) is 12.9. The molecule has 1 fully saturated rings. The van der Waals surface area contributed by atoms with Crippen molar-refractivity contribution in [3.05, 3.63) is 47.2 Å². The van der Waals surface area contributed by atoms with Crippen molar-refractivity contribution in [2.45, 2.75) is 32.3 Å². The predicted molar refractivity (Wildman–Crippen MR) is 87.9 cm³/mol. The Morgan fingerprint density at radius 1 is 1.23 bits per heavy atom. The number of piperidine rings is 1. The summed E-state index contributed by atoms with van der Waals surface area (Å²) in [6.07, 6.45) is 3.95. The van der Waals surface area contributed by atoms with Gasteiger partial charge < -0.3 is 15.7 Å². The zero-order valence-corrected chi connectivity index (χ0v) is 12.9. The fourth-order valence-electron chi connectivity index (χ4n) is 2.81. The van der Waals surface area contributed by atoms with Gasteiger partial charge >= 0.3 is 0 Å². The Morgan fingerprint density at radius 2 is 1.91 bits per heavy atom. The molecule has 22 heavy (non-hydrogen) atoms. The molecule has 3 rings (SSSR count). The SMILES string of the molecule is Cc1ccc(Cc2cnc(N)nc2N2CCC(O)CC2)cc1. The standard InChI is InChI=1S/C17H22N4O/c1-12-2-4-13(5-3-12)10-14-11-19-17(18)20-16(14)21-8-6-15(22)7-9-21/h2-5,11,15,22H,6-10H2,1H3,(H2,18,19,20). The molecule has 1 aliphatic rings. The average molecular weight is 298 g/mol. The molecule has 0 saturated carbocycles. The largest absolute Gasteiger partial charge is 0.393 e. The third-order valence-electron chi connectivity index (χ3n) is 4.14. The van der Waals surface area contributed by atoms with E-state index in [4.69, 9.17) is 5.73 Å². The first kappa shape index (κ1) is 14.8. The second-order valence-electron chi connectivity index (χ2n) is 5.96. The molecule has 1 aromatic heterocycles. The summed E-state index contributed by atoms with van der Waals surface area (Å²) in [5.74, 6) is 1.20. The normalized spacial score (nSPS) is 16.0. The van der Waals surface area contributed by atoms with Gasteiger partial charge in [-0.05, 0) is 25.3 Å². The van der Waals surface area contributed by atoms with Crippen LogP contribution in [0.1, 0.15) is 29.5 Å². The van der Waals surface area contributed by atoms with Gasteiger partial charge in [0, 0.05) is 31.3 Å². The molecule has 0 radical (unpaired) electrons. The van der Waals surface area contributed by atoms with Crippen LogP contribution < -0.4 is 10.6 Å². The highest BCUT2D eigenvalue weighted by Crippen LogP contribution is 2.24. The molecular formula is C17H22N4O. The summed E-state index contributed by atoms with van der Waals surface area (Å²) < 4.78 is 0. The van der Waals surface area contributed by atoms with Crippen molar-refractivity contribution in [3.63, 3.8) is 0 Å². The van der Waals surface area contributed by atoms with Crippen molar-refractivity contribution >= 4 is 11.8 Å². The molecule has 0 amide bonds. The van der Waals surface area contributed by atoms with Crippen LogP contribution in [0.4, 0.5) is 11.8 Å². The van der Waals surface area contributed by atoms with Gasteiger partial charge in [0.15, 0.2) is 0 Å². The van der Waals surface area contributed by atoms with Crippen molar-refractivity contribution in [3.8, 4) is 0 Å². The van der Waals surface area contributed by atoms with E-state index in [2.05, 4.69) is 46.1 Å². The van der Waals surface area contributed by atoms with Crippen molar-refractivity contribution in [2.24, 2.45) is 0 Å². The lowest BCUT2D eigenvalue weighted by molar-refractivity contribution is 0.145. The summed E-state index contributed by atoms with van der Waals surface area (Å²) in [4.78, 5) is 10.8. The predicted octanol–water partition coefficient (Wildman–Crippen LogP) is 1.92. The molecule has 0 aliphatic carbocycles. The molecule has 1 aliphatic heterocycles. The van der Waals surface area contributed by atoms with Crippen molar-refractivity contribution in [1.82, 2.24) is 9.97 Å². The molecule has 1 aromatic carbocycles. The maximum Gasteiger partial charge on any atom is 0.221 e. The number of anilines is 2. The number of nitrogens with two attached hydrogens (primary N) is 1. The highest BCUT2D eigenvalue weighted by molar-refractivity contribution is 5.51. The smallest absolute Gasteiger partial charge is 0.221 e. The first-order valence-electron chi connectivity index (χ1n) is 7.72. The number of aromatic nitrogens is 2. The zero-order chi connectivity index (χ0) is 15.5. The monoisotopic (exact) mass is 298 g/mol. The van der Waals surface area contributed by atoms with E-state index in [1.807, 2.05) is 6.20 Å². The molecule has 2 heterocycles. The fourth-order valence-corrected chi connectivity index (χ4v) is 2.81. The number of nitrogens with zero attached hydrogens (tertiary/aromatic N) is 3. The van der Waals surface area contributed by atoms with E-state index in [1.165, 1.54) is 11.1 Å². The van der Waals surface area contributed by atoms with Crippen LogP contribution in [0.3, 0.4) is 0 Å². The molecule has 116 valence electrons. The average Bonchev–Trinajstić information content (AvgIpc) is 2.52. The van der Waals surface area contributed by atoms with Gasteiger partial charge in [0.1, 0.15) is 5.82 Å². The van der Waals surface area contributed by atoms with Crippen molar-refractivity contribution in [2.75, 3.05) is 23.7 Å². The van der Waals surface area contributed by atoms with E-state index in [9.17, 15) is 5.11 Å². The third kappa shape index (κ3) is 3.36. The van der Waals surface area contributed by atoms with Crippen LogP contribution in [-0.4, -0.2) is 34.3 Å². The number of rotatable bonds is 3. The lowest BCUT2D eigenvalue weighted by atomic mass is 10.0. The second-order valence-corrected chi connectivity index (χ2v) is 5.96. The molecular weight excluding hydrogens is 276 g/mol. The molecule has 5 heteroatoms. The van der Waals surface area contributed by atoms with E-state index in [1.54, 1.807) is 0 Å². The minimum Gasteiger partial charge on any atom is -0.393 e. The van der Waals surface area contributed by atoms with Gasteiger partial charge in [-0.3, -0.25) is 0 Å². The topological polar surface area (TPSA) is 75.3 Å². The number of benzene rings is 1. The van der Waals surface area contributed by atoms with E-state index in [0.717, 1.165) is 43.7 Å². The minimum atomic E-state index is -0.198. The summed E-state index contributed by atoms with van der Waals surface area (Å²) in [6, 6.07) is 8.50. The number of nitrogen functional groups attached to an aromatic ring is 1. The van der Waals surface area contributed by atoms with Crippen molar-refractivity contribution in [1.29, 1.82) is 0 Å². The molecule has 5 nitrogen and oxygen atoms in total. The van der Waals surface area contributed by atoms with Gasteiger partial charge in [-0.1, -0.05) is 29.8 Å². The lowest BCUT2D eigenvalue weighted by Crippen LogP contribution is -2.37. The van der Waals surface area contributed by atoms with E-state index < -0.39 is 0 Å². The lowest BCUT2D eigenvalue weighted by Gasteiger charge is -2.31. The summed E-state index contributed by atoms with van der Waals surface area (Å²) in [5, 5.41) is 9.67. The number of aliphatic hydroxyl groups is 1. The molecule has 1 saturated heterocycles. The molecule has 0 spiro atoms. The van der Waals surface area contributed by atoms with Crippen LogP contribution in [0.5, 0.6) is 0 Å². The Balaban J connectivity index is 1.85. The number of hydrogen-bond donors (Lipinski definition) is 2. The van der Waals surface area contributed by atoms with Crippen LogP contribution in [-0.2, 0) is 6.42 Å². The number of aryl methyl sites for hydroxylation is 1. The highest BCUT2D eigenvalue weighted by Gasteiger charge is 2.21. The van der Waals surface area contributed by atoms with Gasteiger partial charge in [0.05, 0.1) is 6.10 Å². The van der Waals surface area contributed by atoms with Crippen LogP contribution in [0.15, 0.2) is 30.5 Å². The minimum absolute atomic E-state index is 0.198. The van der Waals surface area contributed by atoms with Gasteiger partial charge in [0.25, 0.3) is 0 Å². The van der Waals surface area contributed by atoms with Gasteiger partial charge in [-0.15, -0.1) is 0 Å². The number of aliphatic hydroxyl groups excluding tert-OH is 1. The highest BCUT2D eigenvalue weighted by atomic mass is 16.3. The van der Waals surface area contributed by atoms with Gasteiger partial charge in [0.2, 0.25) is 5.95 Å². The maximum atomic E-state index is 9.67. The molecule has 2 aromatic rings. The van der Waals surface area contributed by atoms with E-state index >= 15 is 0 Å². The molecule has 3 N–H and O–H groups in total. The molecule has 0 bridgehead atoms. The Morgan fingerprint density at radius 3 is 2.59 bits per heavy atom. The summed E-state index contributed by atoms with van der Waals surface area (Å²) in [5.41, 5.74) is 9.34. The maximum absolute atomic E-state index is 9.67. The van der Waals surface area contributed by atoms with Crippen LogP contribution >= 0.6 is 0 Å². The summed E-state index contributed by atoms with van der Waals surface area (Å²) in [7, 11) is 0. The van der Waals surface area contributed by atoms with E-state index in [-0.39, 0.29) is 6.10 Å². The van der Waals surface area contributed by atoms with Gasteiger partial charge in [-0.25, -0.2) is 4.98 Å². The fraction of sp³-hybridized carbons (Fsp3) is 0.412. The van der Waals surface area contributed by atoms with Crippen LogP contribution in [0.25, 0.3) is 0 Å². The van der Waals surface area contributed by atoms with Crippen molar-refractivity contribution < 1.29 is 5.11 Å². The number of hydrogen-bond acceptors (Lipinski definition) is 5. The van der Waals surface area contributed by atoms with Crippen LogP contribution in [0, 0.1) is 6.92 Å². The molecule has 0 unspecified atom stereocenters. The quantitative estimate of drug-likeness (QED) is 0.905. The second kappa shape index (κ2) is 6.32. The van der Waals surface area contributed by atoms with Crippen LogP contribution in [0.2, 0.25) is 0 Å². The Labute approximate surface area is 130 Å². The first-order valence-corrected chi connectivity index (χ1v) is 7.72. The summed E-state index contributed by atoms with van der Waals surface area (Å²) in [6.45, 7) is 3.69. The van der Waals surface area contributed by atoms with Gasteiger partial charge in [-0.2, -0.15) is 4.98 Å². The first-order chi connectivity index (χ1) is 10.6. The van der Waals surface area contributed by atoms with E-state index in [0.29, 0.717) is 5.95 Å². The third-order valence-corrected chi connectivity index (χ3v) is 4.14. The Kier molecular flexibility index (Phi) is 4.24. The summed E-state index contributed by atoms with van der Waals surface area (Å²) >= 11 is 0.